The Morgan fingerprint density at radius 2 is 1.55 bits per heavy atom. The highest BCUT2D eigenvalue weighted by molar-refractivity contribution is 5.78. The lowest BCUT2D eigenvalue weighted by Gasteiger charge is -2.33. The van der Waals surface area contributed by atoms with Gasteiger partial charge in [-0.3, -0.25) is 14.6 Å². The molecule has 4 rings (SSSR count). The summed E-state index contributed by atoms with van der Waals surface area (Å²) >= 11 is 0. The lowest BCUT2D eigenvalue weighted by atomic mass is 10.2. The van der Waals surface area contributed by atoms with Gasteiger partial charge in [0.2, 0.25) is 17.7 Å². The van der Waals surface area contributed by atoms with Gasteiger partial charge in [0, 0.05) is 38.3 Å². The van der Waals surface area contributed by atoms with Gasteiger partial charge in [0.25, 0.3) is 0 Å². The van der Waals surface area contributed by atoms with E-state index in [1.165, 1.54) is 0 Å². The second-order valence-corrected chi connectivity index (χ2v) is 7.18. The molecule has 7 heteroatoms. The van der Waals surface area contributed by atoms with Crippen molar-refractivity contribution in [2.45, 2.75) is 13.1 Å². The van der Waals surface area contributed by atoms with E-state index in [0.29, 0.717) is 31.4 Å². The summed E-state index contributed by atoms with van der Waals surface area (Å²) < 4.78 is 5.80. The van der Waals surface area contributed by atoms with E-state index in [0.717, 1.165) is 37.3 Å². The molecular formula is C22H25N5O2. The van der Waals surface area contributed by atoms with Crippen molar-refractivity contribution < 1.29 is 9.21 Å². The van der Waals surface area contributed by atoms with Crippen LogP contribution in [0.3, 0.4) is 0 Å². The maximum atomic E-state index is 12.2. The van der Waals surface area contributed by atoms with E-state index in [4.69, 9.17) is 4.42 Å². The van der Waals surface area contributed by atoms with Crippen molar-refractivity contribution in [3.05, 3.63) is 72.1 Å². The first-order chi connectivity index (χ1) is 14.3. The van der Waals surface area contributed by atoms with E-state index in [9.17, 15) is 4.79 Å². The number of carbonyl (C=O) groups excluding carboxylic acids is 1. The number of piperazine rings is 1. The summed E-state index contributed by atoms with van der Waals surface area (Å²) in [6.45, 7) is 5.06. The molecule has 0 spiro atoms. The zero-order valence-corrected chi connectivity index (χ0v) is 16.3. The fraction of sp³-hybridized carbons (Fsp3) is 0.318. The molecule has 0 unspecified atom stereocenters. The Morgan fingerprint density at radius 1 is 0.897 bits per heavy atom. The van der Waals surface area contributed by atoms with Crippen molar-refractivity contribution in [2.24, 2.45) is 0 Å². The molecule has 0 saturated carbocycles. The maximum absolute atomic E-state index is 12.2. The molecule has 0 aliphatic carbocycles. The van der Waals surface area contributed by atoms with Crippen molar-refractivity contribution in [1.29, 1.82) is 0 Å². The van der Waals surface area contributed by atoms with Crippen LogP contribution in [0.2, 0.25) is 0 Å². The SMILES string of the molecule is O=C(CN1CCN(Cc2nnc(-c3ccccc3)o2)CC1)NCc1ccccc1. The van der Waals surface area contributed by atoms with Crippen molar-refractivity contribution >= 4 is 5.91 Å². The number of hydrogen-bond acceptors (Lipinski definition) is 6. The minimum atomic E-state index is 0.0618. The summed E-state index contributed by atoms with van der Waals surface area (Å²) in [4.78, 5) is 16.7. The van der Waals surface area contributed by atoms with Crippen LogP contribution in [0.15, 0.2) is 65.1 Å². The quantitative estimate of drug-likeness (QED) is 0.665. The monoisotopic (exact) mass is 391 g/mol. The first kappa shape index (κ1) is 19.3. The smallest absolute Gasteiger partial charge is 0.247 e. The predicted molar refractivity (Wildman–Crippen MR) is 110 cm³/mol. The van der Waals surface area contributed by atoms with Gasteiger partial charge >= 0.3 is 0 Å². The Bertz CT molecular complexity index is 905. The van der Waals surface area contributed by atoms with Crippen LogP contribution >= 0.6 is 0 Å². The summed E-state index contributed by atoms with van der Waals surface area (Å²) in [7, 11) is 0. The molecule has 150 valence electrons. The summed E-state index contributed by atoms with van der Waals surface area (Å²) in [6.07, 6.45) is 0. The van der Waals surface area contributed by atoms with Crippen molar-refractivity contribution in [2.75, 3.05) is 32.7 Å². The van der Waals surface area contributed by atoms with Crippen molar-refractivity contribution in [3.63, 3.8) is 0 Å². The Hall–Kier alpha value is -3.03. The lowest BCUT2D eigenvalue weighted by Crippen LogP contribution is -2.49. The van der Waals surface area contributed by atoms with Gasteiger partial charge < -0.3 is 9.73 Å². The van der Waals surface area contributed by atoms with Gasteiger partial charge in [-0.25, -0.2) is 0 Å². The number of benzene rings is 2. The second kappa shape index (κ2) is 9.45. The highest BCUT2D eigenvalue weighted by Crippen LogP contribution is 2.18. The second-order valence-electron chi connectivity index (χ2n) is 7.18. The first-order valence-electron chi connectivity index (χ1n) is 9.89. The summed E-state index contributed by atoms with van der Waals surface area (Å²) in [5.74, 6) is 1.24. The zero-order valence-electron chi connectivity index (χ0n) is 16.3. The van der Waals surface area contributed by atoms with E-state index in [1.54, 1.807) is 0 Å². The third-order valence-corrected chi connectivity index (χ3v) is 5.01. The molecule has 1 amide bonds. The van der Waals surface area contributed by atoms with Gasteiger partial charge in [0.1, 0.15) is 0 Å². The molecule has 0 radical (unpaired) electrons. The van der Waals surface area contributed by atoms with Gasteiger partial charge in [-0.15, -0.1) is 10.2 Å². The molecule has 7 nitrogen and oxygen atoms in total. The highest BCUT2D eigenvalue weighted by Gasteiger charge is 2.20. The topological polar surface area (TPSA) is 74.5 Å². The third-order valence-electron chi connectivity index (χ3n) is 5.01. The van der Waals surface area contributed by atoms with Crippen LogP contribution in [0.25, 0.3) is 11.5 Å². The van der Waals surface area contributed by atoms with Crippen LogP contribution in [0, 0.1) is 0 Å². The molecular weight excluding hydrogens is 366 g/mol. The van der Waals surface area contributed by atoms with Crippen LogP contribution in [0.1, 0.15) is 11.5 Å². The van der Waals surface area contributed by atoms with E-state index >= 15 is 0 Å². The van der Waals surface area contributed by atoms with E-state index < -0.39 is 0 Å². The Labute approximate surface area is 170 Å². The number of rotatable bonds is 7. The number of nitrogens with zero attached hydrogens (tertiary/aromatic N) is 4. The average molecular weight is 391 g/mol. The van der Waals surface area contributed by atoms with Crippen molar-refractivity contribution in [3.8, 4) is 11.5 Å². The average Bonchev–Trinajstić information content (AvgIpc) is 3.24. The van der Waals surface area contributed by atoms with Crippen molar-refractivity contribution in [1.82, 2.24) is 25.3 Å². The van der Waals surface area contributed by atoms with Crippen LogP contribution in [-0.2, 0) is 17.9 Å². The molecule has 1 aliphatic rings. The fourth-order valence-electron chi connectivity index (χ4n) is 3.37. The van der Waals surface area contributed by atoms with Gasteiger partial charge in [0.05, 0.1) is 13.1 Å². The number of aromatic nitrogens is 2. The minimum Gasteiger partial charge on any atom is -0.419 e. The zero-order chi connectivity index (χ0) is 19.9. The van der Waals surface area contributed by atoms with Gasteiger partial charge in [-0.1, -0.05) is 48.5 Å². The Morgan fingerprint density at radius 3 is 2.28 bits per heavy atom. The number of amides is 1. The molecule has 1 saturated heterocycles. The van der Waals surface area contributed by atoms with Gasteiger partial charge in [0.15, 0.2) is 0 Å². The van der Waals surface area contributed by atoms with E-state index in [2.05, 4.69) is 25.3 Å². The number of hydrogen-bond donors (Lipinski definition) is 1. The normalized spacial score (nSPS) is 15.3. The summed E-state index contributed by atoms with van der Waals surface area (Å²) in [6, 6.07) is 19.7. The van der Waals surface area contributed by atoms with Crippen LogP contribution < -0.4 is 5.32 Å². The Kier molecular flexibility index (Phi) is 6.29. The van der Waals surface area contributed by atoms with Crippen LogP contribution in [0.4, 0.5) is 0 Å². The van der Waals surface area contributed by atoms with Gasteiger partial charge in [-0.05, 0) is 17.7 Å². The third kappa shape index (κ3) is 5.49. The number of nitrogens with one attached hydrogen (secondary N) is 1. The predicted octanol–water partition coefficient (Wildman–Crippen LogP) is 2.17. The first-order valence-corrected chi connectivity index (χ1v) is 9.89. The summed E-state index contributed by atoms with van der Waals surface area (Å²) in [5, 5.41) is 11.3. The molecule has 3 aromatic rings. The lowest BCUT2D eigenvalue weighted by molar-refractivity contribution is -0.122. The van der Waals surface area contributed by atoms with E-state index in [1.807, 2.05) is 60.7 Å². The molecule has 1 fully saturated rings. The minimum absolute atomic E-state index is 0.0618. The van der Waals surface area contributed by atoms with Gasteiger partial charge in [-0.2, -0.15) is 0 Å². The number of carbonyl (C=O) groups is 1. The largest absolute Gasteiger partial charge is 0.419 e. The molecule has 0 bridgehead atoms. The van der Waals surface area contributed by atoms with Crippen LogP contribution in [0.5, 0.6) is 0 Å². The molecule has 1 N–H and O–H groups in total. The summed E-state index contributed by atoms with van der Waals surface area (Å²) in [5.41, 5.74) is 2.04. The molecule has 2 heterocycles. The molecule has 2 aromatic carbocycles. The maximum Gasteiger partial charge on any atom is 0.247 e. The fourth-order valence-corrected chi connectivity index (χ4v) is 3.37. The van der Waals surface area contributed by atoms with Crippen LogP contribution in [-0.4, -0.2) is 58.6 Å². The van der Waals surface area contributed by atoms with E-state index in [-0.39, 0.29) is 5.91 Å². The molecule has 1 aliphatic heterocycles. The highest BCUT2D eigenvalue weighted by atomic mass is 16.4. The molecule has 0 atom stereocenters. The standard InChI is InChI=1S/C22H25N5O2/c28-20(23-15-18-7-3-1-4-8-18)16-26-11-13-27(14-12-26)17-21-24-25-22(29-21)19-9-5-2-6-10-19/h1-10H,11-17H2,(H,23,28). The Balaban J connectivity index is 1.20. The molecule has 29 heavy (non-hydrogen) atoms. The molecule has 1 aromatic heterocycles.